The second-order valence-corrected chi connectivity index (χ2v) is 3.17. The molecule has 1 aliphatic carbocycles. The lowest BCUT2D eigenvalue weighted by atomic mass is 9.95. The van der Waals surface area contributed by atoms with Crippen molar-refractivity contribution >= 4 is 12.4 Å². The second-order valence-electron chi connectivity index (χ2n) is 3.17. The van der Waals surface area contributed by atoms with Crippen LogP contribution in [0.15, 0.2) is 0 Å². The zero-order valence-electron chi connectivity index (χ0n) is 5.76. The smallest absolute Gasteiger partial charge is 0.0675 e. The Morgan fingerprint density at radius 3 is 2.60 bits per heavy atom. The van der Waals surface area contributed by atoms with Crippen molar-refractivity contribution in [1.29, 1.82) is 5.26 Å². The molecular formula is C7H11ClN2. The summed E-state index contributed by atoms with van der Waals surface area (Å²) in [4.78, 5) is 0. The monoisotopic (exact) mass is 158 g/mol. The molecule has 2 aliphatic rings. The number of halogens is 1. The Kier molecular flexibility index (Phi) is 1.89. The Balaban J connectivity index is 0.000000500. The van der Waals surface area contributed by atoms with Gasteiger partial charge in [0.05, 0.1) is 12.0 Å². The molecule has 2 nitrogen and oxygen atoms in total. The van der Waals surface area contributed by atoms with Crippen molar-refractivity contribution in [1.82, 2.24) is 5.32 Å². The van der Waals surface area contributed by atoms with Gasteiger partial charge >= 0.3 is 0 Å². The van der Waals surface area contributed by atoms with E-state index >= 15 is 0 Å². The lowest BCUT2D eigenvalue weighted by Crippen LogP contribution is -2.10. The second kappa shape index (κ2) is 2.41. The average Bonchev–Trinajstić information content (AvgIpc) is 2.45. The van der Waals surface area contributed by atoms with E-state index < -0.39 is 0 Å². The minimum atomic E-state index is 0. The largest absolute Gasteiger partial charge is 0.315 e. The first kappa shape index (κ1) is 7.84. The van der Waals surface area contributed by atoms with Gasteiger partial charge in [-0.15, -0.1) is 12.4 Å². The summed E-state index contributed by atoms with van der Waals surface area (Å²) in [5, 5.41) is 11.9. The normalized spacial score (nSPS) is 32.9. The van der Waals surface area contributed by atoms with Crippen LogP contribution in [0.2, 0.25) is 0 Å². The summed E-state index contributed by atoms with van der Waals surface area (Å²) in [5.41, 5.74) is 0.439. The highest BCUT2D eigenvalue weighted by molar-refractivity contribution is 5.85. The molecule has 0 amide bonds. The number of nitriles is 1. The van der Waals surface area contributed by atoms with Crippen LogP contribution in [0.25, 0.3) is 0 Å². The highest BCUT2D eigenvalue weighted by Gasteiger charge is 2.52. The predicted molar refractivity (Wildman–Crippen MR) is 40.9 cm³/mol. The lowest BCUT2D eigenvalue weighted by molar-refractivity contribution is 0.484. The molecule has 2 fully saturated rings. The maximum atomic E-state index is 8.65. The quantitative estimate of drug-likeness (QED) is 0.570. The van der Waals surface area contributed by atoms with Crippen molar-refractivity contribution in [2.24, 2.45) is 11.3 Å². The molecule has 0 bridgehead atoms. The van der Waals surface area contributed by atoms with Crippen molar-refractivity contribution in [3.63, 3.8) is 0 Å². The van der Waals surface area contributed by atoms with Gasteiger partial charge in [-0.05, 0) is 18.3 Å². The third-order valence-corrected chi connectivity index (χ3v) is 2.61. The van der Waals surface area contributed by atoms with E-state index in [0.29, 0.717) is 11.3 Å². The fraction of sp³-hybridized carbons (Fsp3) is 0.857. The van der Waals surface area contributed by atoms with E-state index in [9.17, 15) is 0 Å². The van der Waals surface area contributed by atoms with Crippen LogP contribution >= 0.6 is 12.4 Å². The molecule has 3 heteroatoms. The van der Waals surface area contributed by atoms with Crippen LogP contribution in [0.1, 0.15) is 12.8 Å². The van der Waals surface area contributed by atoms with Crippen LogP contribution in [0.3, 0.4) is 0 Å². The first-order valence-corrected chi connectivity index (χ1v) is 3.48. The highest BCUT2D eigenvalue weighted by atomic mass is 35.5. The SMILES string of the molecule is Cl.N#CC1CNCC12CC2. The minimum Gasteiger partial charge on any atom is -0.315 e. The summed E-state index contributed by atoms with van der Waals surface area (Å²) in [6.45, 7) is 2.02. The minimum absolute atomic E-state index is 0. The number of hydrogen-bond donors (Lipinski definition) is 1. The van der Waals surface area contributed by atoms with Gasteiger partial charge in [0, 0.05) is 13.1 Å². The van der Waals surface area contributed by atoms with Crippen molar-refractivity contribution < 1.29 is 0 Å². The maximum Gasteiger partial charge on any atom is 0.0675 e. The fourth-order valence-corrected chi connectivity index (χ4v) is 1.67. The molecule has 1 N–H and O–H groups in total. The van der Waals surface area contributed by atoms with Gasteiger partial charge in [-0.2, -0.15) is 5.26 Å². The van der Waals surface area contributed by atoms with Crippen molar-refractivity contribution in [2.75, 3.05) is 13.1 Å². The molecule has 1 heterocycles. The molecule has 1 saturated heterocycles. The number of rotatable bonds is 0. The van der Waals surface area contributed by atoms with Gasteiger partial charge in [-0.25, -0.2) is 0 Å². The molecular weight excluding hydrogens is 148 g/mol. The summed E-state index contributed by atoms with van der Waals surface area (Å²) in [6.07, 6.45) is 2.55. The third kappa shape index (κ3) is 0.902. The number of hydrogen-bond acceptors (Lipinski definition) is 2. The van der Waals surface area contributed by atoms with Crippen LogP contribution in [0.5, 0.6) is 0 Å². The molecule has 0 aromatic heterocycles. The van der Waals surface area contributed by atoms with E-state index in [1.807, 2.05) is 0 Å². The summed E-state index contributed by atoms with van der Waals surface area (Å²) in [7, 11) is 0. The molecule has 1 saturated carbocycles. The first-order valence-electron chi connectivity index (χ1n) is 3.48. The molecule has 0 aromatic rings. The van der Waals surface area contributed by atoms with Crippen molar-refractivity contribution in [3.8, 4) is 6.07 Å². The number of nitrogens with zero attached hydrogens (tertiary/aromatic N) is 1. The Morgan fingerprint density at radius 2 is 2.20 bits per heavy atom. The first-order chi connectivity index (χ1) is 4.37. The molecule has 1 aliphatic heterocycles. The van der Waals surface area contributed by atoms with Crippen LogP contribution in [-0.4, -0.2) is 13.1 Å². The predicted octanol–water partition coefficient (Wildman–Crippen LogP) is 0.931. The standard InChI is InChI=1S/C7H10N2.ClH/c8-3-6-4-9-5-7(6)1-2-7;/h6,9H,1-2,4-5H2;1H. The van der Waals surface area contributed by atoms with Crippen LogP contribution in [0.4, 0.5) is 0 Å². The third-order valence-electron chi connectivity index (χ3n) is 2.61. The van der Waals surface area contributed by atoms with Gasteiger partial charge < -0.3 is 5.32 Å². The molecule has 0 radical (unpaired) electrons. The van der Waals surface area contributed by atoms with Gasteiger partial charge in [0.2, 0.25) is 0 Å². The molecule has 56 valence electrons. The van der Waals surface area contributed by atoms with E-state index in [2.05, 4.69) is 11.4 Å². The molecule has 10 heavy (non-hydrogen) atoms. The summed E-state index contributed by atoms with van der Waals surface area (Å²) in [6, 6.07) is 2.35. The summed E-state index contributed by atoms with van der Waals surface area (Å²) >= 11 is 0. The van der Waals surface area contributed by atoms with Gasteiger partial charge in [-0.3, -0.25) is 0 Å². The maximum absolute atomic E-state index is 8.65. The average molecular weight is 159 g/mol. The zero-order valence-corrected chi connectivity index (χ0v) is 6.58. The number of nitrogens with one attached hydrogen (secondary N) is 1. The molecule has 1 spiro atoms. The van der Waals surface area contributed by atoms with E-state index in [1.165, 1.54) is 12.8 Å². The topological polar surface area (TPSA) is 35.8 Å². The van der Waals surface area contributed by atoms with E-state index in [1.54, 1.807) is 0 Å². The van der Waals surface area contributed by atoms with Crippen LogP contribution < -0.4 is 5.32 Å². The van der Waals surface area contributed by atoms with Crippen LogP contribution in [0, 0.1) is 22.7 Å². The van der Waals surface area contributed by atoms with Crippen molar-refractivity contribution in [3.05, 3.63) is 0 Å². The Bertz CT molecular complexity index is 169. The van der Waals surface area contributed by atoms with Crippen LogP contribution in [-0.2, 0) is 0 Å². The van der Waals surface area contributed by atoms with E-state index in [0.717, 1.165) is 13.1 Å². The lowest BCUT2D eigenvalue weighted by Gasteiger charge is -2.05. The fourth-order valence-electron chi connectivity index (χ4n) is 1.67. The van der Waals surface area contributed by atoms with Gasteiger partial charge in [0.1, 0.15) is 0 Å². The van der Waals surface area contributed by atoms with E-state index in [-0.39, 0.29) is 12.4 Å². The Morgan fingerprint density at radius 1 is 1.50 bits per heavy atom. The van der Waals surface area contributed by atoms with Crippen molar-refractivity contribution in [2.45, 2.75) is 12.8 Å². The molecule has 0 aromatic carbocycles. The molecule has 1 unspecified atom stereocenters. The van der Waals surface area contributed by atoms with Gasteiger partial charge in [0.25, 0.3) is 0 Å². The Labute approximate surface area is 67.0 Å². The summed E-state index contributed by atoms with van der Waals surface area (Å²) in [5.74, 6) is 0.317. The van der Waals surface area contributed by atoms with Gasteiger partial charge in [-0.1, -0.05) is 0 Å². The molecule has 1 atom stereocenters. The highest BCUT2D eigenvalue weighted by Crippen LogP contribution is 2.53. The Hall–Kier alpha value is -0.260. The van der Waals surface area contributed by atoms with Gasteiger partial charge in [0.15, 0.2) is 0 Å². The van der Waals surface area contributed by atoms with E-state index in [4.69, 9.17) is 5.26 Å². The zero-order chi connectivity index (χ0) is 6.32. The molecule has 2 rings (SSSR count). The summed E-state index contributed by atoms with van der Waals surface area (Å²) < 4.78 is 0.